The molecule has 0 atom stereocenters. The van der Waals surface area contributed by atoms with Crippen molar-refractivity contribution in [3.63, 3.8) is 0 Å². The number of hydrogen-bond acceptors (Lipinski definition) is 3. The van der Waals surface area contributed by atoms with Crippen LogP contribution in [0.2, 0.25) is 5.02 Å². The number of benzene rings is 2. The van der Waals surface area contributed by atoms with Gasteiger partial charge in [0.05, 0.1) is 10.7 Å². The summed E-state index contributed by atoms with van der Waals surface area (Å²) in [6.45, 7) is -0.229. The van der Waals surface area contributed by atoms with E-state index in [0.717, 1.165) is 4.47 Å². The van der Waals surface area contributed by atoms with Crippen LogP contribution in [0.1, 0.15) is 0 Å². The smallest absolute Gasteiger partial charge is 0.262 e. The first-order chi connectivity index (χ1) is 9.95. The van der Waals surface area contributed by atoms with Gasteiger partial charge >= 0.3 is 0 Å². The van der Waals surface area contributed by atoms with E-state index in [2.05, 4.69) is 21.2 Å². The summed E-state index contributed by atoms with van der Waals surface area (Å²) in [4.78, 5) is 11.8. The molecule has 2 rings (SSSR count). The van der Waals surface area contributed by atoms with Crippen molar-refractivity contribution in [2.24, 2.45) is 0 Å². The van der Waals surface area contributed by atoms with Crippen LogP contribution in [0.25, 0.3) is 0 Å². The molecule has 3 N–H and O–H groups in total. The molecule has 0 saturated heterocycles. The molecule has 0 aliphatic rings. The third kappa shape index (κ3) is 4.34. The molecule has 2 aromatic rings. The molecule has 0 fully saturated rings. The van der Waals surface area contributed by atoms with Crippen LogP contribution in [-0.4, -0.2) is 12.5 Å². The minimum Gasteiger partial charge on any atom is -0.482 e. The molecule has 0 spiro atoms. The second-order valence-corrected chi connectivity index (χ2v) is 5.47. The molecule has 0 saturated carbocycles. The maximum Gasteiger partial charge on any atom is 0.262 e. The van der Waals surface area contributed by atoms with E-state index < -0.39 is 11.7 Å². The van der Waals surface area contributed by atoms with Crippen molar-refractivity contribution in [1.82, 2.24) is 0 Å². The highest BCUT2D eigenvalue weighted by Crippen LogP contribution is 2.27. The quantitative estimate of drug-likeness (QED) is 0.800. The van der Waals surface area contributed by atoms with Gasteiger partial charge in [0.1, 0.15) is 11.6 Å². The Balaban J connectivity index is 1.95. The Morgan fingerprint density at radius 1 is 1.33 bits per heavy atom. The molecule has 0 radical (unpaired) electrons. The molecule has 0 unspecified atom stereocenters. The molecule has 0 aliphatic carbocycles. The van der Waals surface area contributed by atoms with Crippen LogP contribution in [-0.2, 0) is 4.79 Å². The Morgan fingerprint density at radius 2 is 2.10 bits per heavy atom. The van der Waals surface area contributed by atoms with E-state index in [0.29, 0.717) is 16.5 Å². The molecule has 7 heteroatoms. The Labute approximate surface area is 134 Å². The lowest BCUT2D eigenvalue weighted by atomic mass is 10.2. The first kappa shape index (κ1) is 15.6. The van der Waals surface area contributed by atoms with Crippen LogP contribution in [0.5, 0.6) is 5.75 Å². The average molecular weight is 374 g/mol. The lowest BCUT2D eigenvalue weighted by Crippen LogP contribution is -2.20. The molecular formula is C14H11BrClFN2O2. The average Bonchev–Trinajstić information content (AvgIpc) is 2.44. The summed E-state index contributed by atoms with van der Waals surface area (Å²) in [5, 5.41) is 2.95. The van der Waals surface area contributed by atoms with Crippen LogP contribution in [0, 0.1) is 5.82 Å². The van der Waals surface area contributed by atoms with Crippen molar-refractivity contribution in [2.45, 2.75) is 0 Å². The predicted octanol–water partition coefficient (Wildman–Crippen LogP) is 3.84. The largest absolute Gasteiger partial charge is 0.482 e. The van der Waals surface area contributed by atoms with Crippen molar-refractivity contribution in [1.29, 1.82) is 0 Å². The van der Waals surface area contributed by atoms with E-state index in [4.69, 9.17) is 22.1 Å². The minimum absolute atomic E-state index is 0.0382. The molecule has 0 aromatic heterocycles. The van der Waals surface area contributed by atoms with Gasteiger partial charge in [-0.15, -0.1) is 0 Å². The van der Waals surface area contributed by atoms with Crippen molar-refractivity contribution in [3.05, 3.63) is 51.7 Å². The summed E-state index contributed by atoms with van der Waals surface area (Å²) in [6.07, 6.45) is 0. The number of rotatable bonds is 4. The molecule has 1 amide bonds. The van der Waals surface area contributed by atoms with Gasteiger partial charge in [0.2, 0.25) is 0 Å². The van der Waals surface area contributed by atoms with Crippen molar-refractivity contribution >= 4 is 44.8 Å². The van der Waals surface area contributed by atoms with Gasteiger partial charge in [0, 0.05) is 10.2 Å². The zero-order valence-corrected chi connectivity index (χ0v) is 13.0. The monoisotopic (exact) mass is 372 g/mol. The summed E-state index contributed by atoms with van der Waals surface area (Å²) in [5.74, 6) is -0.554. The summed E-state index contributed by atoms with van der Waals surface area (Å²) >= 11 is 9.23. The summed E-state index contributed by atoms with van der Waals surface area (Å²) in [6, 6.07) is 8.99. The van der Waals surface area contributed by atoms with Crippen LogP contribution in [0.4, 0.5) is 15.8 Å². The highest BCUT2D eigenvalue weighted by molar-refractivity contribution is 9.10. The number of nitrogens with one attached hydrogen (secondary N) is 1. The molecule has 4 nitrogen and oxygen atoms in total. The van der Waals surface area contributed by atoms with Crippen LogP contribution >= 0.6 is 27.5 Å². The topological polar surface area (TPSA) is 64.3 Å². The zero-order chi connectivity index (χ0) is 15.4. The van der Waals surface area contributed by atoms with E-state index in [-0.39, 0.29) is 12.3 Å². The third-order valence-electron chi connectivity index (χ3n) is 2.53. The van der Waals surface area contributed by atoms with Gasteiger partial charge in [0.25, 0.3) is 5.91 Å². The van der Waals surface area contributed by atoms with Gasteiger partial charge in [0.15, 0.2) is 6.61 Å². The number of ether oxygens (including phenoxy) is 1. The van der Waals surface area contributed by atoms with Crippen molar-refractivity contribution < 1.29 is 13.9 Å². The van der Waals surface area contributed by atoms with E-state index in [1.807, 2.05) is 0 Å². The Kier molecular flexibility index (Phi) is 5.03. The lowest BCUT2D eigenvalue weighted by molar-refractivity contribution is -0.118. The standard InChI is InChI=1S/C14H11BrClFN2O2/c15-8-1-3-10(16)13(5-8)21-7-14(20)19-9-2-4-11(17)12(18)6-9/h1-6H,7,18H2,(H,19,20). The second-order valence-electron chi connectivity index (χ2n) is 4.15. The number of carbonyl (C=O) groups is 1. The van der Waals surface area contributed by atoms with E-state index >= 15 is 0 Å². The van der Waals surface area contributed by atoms with Gasteiger partial charge in [-0.1, -0.05) is 27.5 Å². The van der Waals surface area contributed by atoms with Crippen LogP contribution in [0.15, 0.2) is 40.9 Å². The molecule has 0 bridgehead atoms. The van der Waals surface area contributed by atoms with Gasteiger partial charge in [-0.2, -0.15) is 0 Å². The molecule has 0 heterocycles. The number of hydrogen-bond donors (Lipinski definition) is 2. The Morgan fingerprint density at radius 3 is 2.81 bits per heavy atom. The van der Waals surface area contributed by atoms with Crippen molar-refractivity contribution in [2.75, 3.05) is 17.7 Å². The maximum absolute atomic E-state index is 13.0. The van der Waals surface area contributed by atoms with Crippen LogP contribution in [0.3, 0.4) is 0 Å². The highest BCUT2D eigenvalue weighted by Gasteiger charge is 2.08. The third-order valence-corrected chi connectivity index (χ3v) is 3.34. The second kappa shape index (κ2) is 6.78. The number of anilines is 2. The molecule has 110 valence electrons. The SMILES string of the molecule is Nc1cc(NC(=O)COc2cc(Br)ccc2Cl)ccc1F. The number of halogens is 3. The van der Waals surface area contributed by atoms with Crippen molar-refractivity contribution in [3.8, 4) is 5.75 Å². The van der Waals surface area contributed by atoms with E-state index in [9.17, 15) is 9.18 Å². The fourth-order valence-electron chi connectivity index (χ4n) is 1.55. The Hall–Kier alpha value is -1.79. The fraction of sp³-hybridized carbons (Fsp3) is 0.0714. The fourth-order valence-corrected chi connectivity index (χ4v) is 2.06. The minimum atomic E-state index is -0.537. The molecular weight excluding hydrogens is 363 g/mol. The number of amides is 1. The number of nitrogen functional groups attached to an aromatic ring is 1. The predicted molar refractivity (Wildman–Crippen MR) is 84.1 cm³/mol. The first-order valence-electron chi connectivity index (χ1n) is 5.88. The zero-order valence-electron chi connectivity index (χ0n) is 10.7. The van der Waals surface area contributed by atoms with Gasteiger partial charge < -0.3 is 15.8 Å². The van der Waals surface area contributed by atoms with E-state index in [1.54, 1.807) is 18.2 Å². The number of nitrogens with two attached hydrogens (primary N) is 1. The van der Waals surface area contributed by atoms with Gasteiger partial charge in [-0.25, -0.2) is 4.39 Å². The number of carbonyl (C=O) groups excluding carboxylic acids is 1. The van der Waals surface area contributed by atoms with Gasteiger partial charge in [-0.05, 0) is 36.4 Å². The van der Waals surface area contributed by atoms with Gasteiger partial charge in [-0.3, -0.25) is 4.79 Å². The molecule has 0 aliphatic heterocycles. The molecule has 2 aromatic carbocycles. The summed E-state index contributed by atoms with van der Waals surface area (Å²) in [7, 11) is 0. The highest BCUT2D eigenvalue weighted by atomic mass is 79.9. The van der Waals surface area contributed by atoms with E-state index in [1.165, 1.54) is 18.2 Å². The van der Waals surface area contributed by atoms with Crippen LogP contribution < -0.4 is 15.8 Å². The normalized spacial score (nSPS) is 10.2. The first-order valence-corrected chi connectivity index (χ1v) is 7.05. The lowest BCUT2D eigenvalue weighted by Gasteiger charge is -2.09. The maximum atomic E-state index is 13.0. The Bertz CT molecular complexity index is 682. The molecule has 21 heavy (non-hydrogen) atoms. The summed E-state index contributed by atoms with van der Waals surface area (Å²) < 4.78 is 19.1. The summed E-state index contributed by atoms with van der Waals surface area (Å²) in [5.41, 5.74) is 5.77.